The second-order valence-corrected chi connectivity index (χ2v) is 23.5. The van der Waals surface area contributed by atoms with Gasteiger partial charge in [0, 0.05) is 12.8 Å². The Bertz CT molecular complexity index is 1050. The normalized spacial score (nSPS) is 12.4. The van der Waals surface area contributed by atoms with Crippen LogP contribution in [0.25, 0.3) is 0 Å². The van der Waals surface area contributed by atoms with E-state index >= 15 is 0 Å². The van der Waals surface area contributed by atoms with E-state index in [1.54, 1.807) is 0 Å². The highest BCUT2D eigenvalue weighted by Gasteiger charge is 2.20. The van der Waals surface area contributed by atoms with Gasteiger partial charge in [0.2, 0.25) is 5.91 Å². The van der Waals surface area contributed by atoms with Gasteiger partial charge in [-0.05, 0) is 25.7 Å². The number of unbranched alkanes of at least 4 members (excludes halogenated alkanes) is 53. The molecule has 0 aliphatic carbocycles. The van der Waals surface area contributed by atoms with E-state index in [9.17, 15) is 19.8 Å². The predicted molar refractivity (Wildman–Crippen MR) is 320 cm³/mol. The Morgan fingerprint density at radius 3 is 0.836 bits per heavy atom. The second kappa shape index (κ2) is 63.4. The number of carbonyl (C=O) groups is 2. The summed E-state index contributed by atoms with van der Waals surface area (Å²) in [5.41, 5.74) is 0. The van der Waals surface area contributed by atoms with E-state index in [0.29, 0.717) is 25.9 Å². The van der Waals surface area contributed by atoms with Gasteiger partial charge in [0.15, 0.2) is 0 Å². The van der Waals surface area contributed by atoms with Crippen LogP contribution in [0.3, 0.4) is 0 Å². The summed E-state index contributed by atoms with van der Waals surface area (Å²) in [5, 5.41) is 23.4. The van der Waals surface area contributed by atoms with Crippen molar-refractivity contribution in [3.8, 4) is 0 Å². The zero-order chi connectivity index (χ0) is 52.9. The summed E-state index contributed by atoms with van der Waals surface area (Å²) < 4.78 is 5.50. The average molecular weight is 1030 g/mol. The monoisotopic (exact) mass is 1030 g/mol. The predicted octanol–water partition coefficient (Wildman–Crippen LogP) is 21.4. The van der Waals surface area contributed by atoms with Crippen molar-refractivity contribution in [1.82, 2.24) is 5.32 Å². The summed E-state index contributed by atoms with van der Waals surface area (Å²) in [6, 6.07) is -0.551. The molecule has 2 atom stereocenters. The van der Waals surface area contributed by atoms with E-state index in [1.165, 1.54) is 308 Å². The lowest BCUT2D eigenvalue weighted by Crippen LogP contribution is -2.45. The molecule has 0 spiro atoms. The Hall–Kier alpha value is -1.14. The van der Waals surface area contributed by atoms with Crippen molar-refractivity contribution in [3.63, 3.8) is 0 Å². The van der Waals surface area contributed by atoms with Gasteiger partial charge in [-0.15, -0.1) is 0 Å². The van der Waals surface area contributed by atoms with Crippen molar-refractivity contribution in [2.75, 3.05) is 13.2 Å². The quantitative estimate of drug-likeness (QED) is 0.0417. The van der Waals surface area contributed by atoms with Crippen LogP contribution in [-0.4, -0.2) is 47.4 Å². The Balaban J connectivity index is 3.40. The molecule has 0 saturated carbocycles. The van der Waals surface area contributed by atoms with Crippen molar-refractivity contribution >= 4 is 11.9 Å². The van der Waals surface area contributed by atoms with Crippen molar-refractivity contribution in [3.05, 3.63) is 0 Å². The number of esters is 1. The molecule has 0 heterocycles. The van der Waals surface area contributed by atoms with E-state index in [-0.39, 0.29) is 18.5 Å². The minimum Gasteiger partial charge on any atom is -0.466 e. The molecule has 1 amide bonds. The van der Waals surface area contributed by atoms with Gasteiger partial charge in [0.05, 0.1) is 25.4 Å². The first-order valence-corrected chi connectivity index (χ1v) is 33.8. The molecule has 0 aromatic heterocycles. The minimum absolute atomic E-state index is 0.00135. The van der Waals surface area contributed by atoms with Gasteiger partial charge in [-0.2, -0.15) is 0 Å². The largest absolute Gasteiger partial charge is 0.466 e. The number of aliphatic hydroxyl groups excluding tert-OH is 2. The summed E-state index contributed by atoms with van der Waals surface area (Å²) >= 11 is 0. The Labute approximate surface area is 457 Å². The molecule has 6 heteroatoms. The summed E-state index contributed by atoms with van der Waals surface area (Å²) in [5.74, 6) is -0.0404. The van der Waals surface area contributed by atoms with Crippen molar-refractivity contribution in [2.24, 2.45) is 0 Å². The van der Waals surface area contributed by atoms with Gasteiger partial charge >= 0.3 is 5.97 Å². The molecule has 436 valence electrons. The fourth-order valence-electron chi connectivity index (χ4n) is 11.0. The van der Waals surface area contributed by atoms with Crippen LogP contribution in [0.5, 0.6) is 0 Å². The van der Waals surface area contributed by atoms with E-state index in [1.807, 2.05) is 0 Å². The van der Waals surface area contributed by atoms with Crippen molar-refractivity contribution in [1.29, 1.82) is 0 Å². The van der Waals surface area contributed by atoms with E-state index in [4.69, 9.17) is 4.74 Å². The molecule has 0 aliphatic rings. The third kappa shape index (κ3) is 60.0. The molecule has 0 fully saturated rings. The third-order valence-corrected chi connectivity index (χ3v) is 16.2. The molecule has 6 nitrogen and oxygen atoms in total. The van der Waals surface area contributed by atoms with Crippen molar-refractivity contribution < 1.29 is 24.5 Å². The summed E-state index contributed by atoms with van der Waals surface area (Å²) in [7, 11) is 0. The molecule has 0 aromatic rings. The maximum Gasteiger partial charge on any atom is 0.305 e. The highest BCUT2D eigenvalue weighted by molar-refractivity contribution is 5.76. The maximum atomic E-state index is 12.5. The first kappa shape index (κ1) is 71.9. The van der Waals surface area contributed by atoms with E-state index < -0.39 is 12.1 Å². The first-order chi connectivity index (χ1) is 36.0. The molecule has 0 aromatic carbocycles. The lowest BCUT2D eigenvalue weighted by atomic mass is 10.0. The lowest BCUT2D eigenvalue weighted by Gasteiger charge is -2.22. The Morgan fingerprint density at radius 1 is 0.329 bits per heavy atom. The fraction of sp³-hybridized carbons (Fsp3) is 0.970. The Morgan fingerprint density at radius 2 is 0.562 bits per heavy atom. The fourth-order valence-corrected chi connectivity index (χ4v) is 11.0. The number of aliphatic hydroxyl groups is 2. The van der Waals surface area contributed by atoms with Crippen LogP contribution in [0.2, 0.25) is 0 Å². The molecule has 0 radical (unpaired) electrons. The van der Waals surface area contributed by atoms with Gasteiger partial charge in [-0.1, -0.05) is 354 Å². The van der Waals surface area contributed by atoms with Crippen LogP contribution in [0, 0.1) is 0 Å². The van der Waals surface area contributed by atoms with E-state index in [2.05, 4.69) is 19.2 Å². The smallest absolute Gasteiger partial charge is 0.305 e. The third-order valence-electron chi connectivity index (χ3n) is 16.2. The van der Waals surface area contributed by atoms with Gasteiger partial charge in [-0.3, -0.25) is 9.59 Å². The van der Waals surface area contributed by atoms with Crippen LogP contribution in [0.4, 0.5) is 0 Å². The first-order valence-electron chi connectivity index (χ1n) is 33.8. The Kier molecular flexibility index (Phi) is 62.4. The average Bonchev–Trinajstić information content (AvgIpc) is 3.39. The standard InChI is InChI=1S/C67H133NO5/c1-3-5-7-9-11-13-15-17-19-21-23-24-25-26-27-29-30-32-35-39-43-47-51-55-59-65(70)64(63-69)68-66(71)60-56-52-48-44-40-36-34-38-42-46-50-54-58-62-73-67(72)61-57-53-49-45-41-37-33-31-28-22-20-18-16-14-12-10-8-6-4-2/h64-65,69-70H,3-63H2,1-2H3,(H,68,71). The zero-order valence-electron chi connectivity index (χ0n) is 49.9. The molecule has 2 unspecified atom stereocenters. The topological polar surface area (TPSA) is 95.9 Å². The lowest BCUT2D eigenvalue weighted by molar-refractivity contribution is -0.143. The summed E-state index contributed by atoms with van der Waals surface area (Å²) in [6.45, 7) is 4.98. The summed E-state index contributed by atoms with van der Waals surface area (Å²) in [6.07, 6.45) is 75.5. The molecular formula is C67H133NO5. The van der Waals surface area contributed by atoms with Gasteiger partial charge in [0.25, 0.3) is 0 Å². The second-order valence-electron chi connectivity index (χ2n) is 23.5. The van der Waals surface area contributed by atoms with Crippen LogP contribution in [-0.2, 0) is 14.3 Å². The highest BCUT2D eigenvalue weighted by Crippen LogP contribution is 2.19. The molecule has 73 heavy (non-hydrogen) atoms. The molecule has 0 bridgehead atoms. The van der Waals surface area contributed by atoms with Crippen molar-refractivity contribution in [2.45, 2.75) is 405 Å². The van der Waals surface area contributed by atoms with Crippen LogP contribution < -0.4 is 5.32 Å². The molecule has 0 aliphatic heterocycles. The summed E-state index contributed by atoms with van der Waals surface area (Å²) in [4.78, 5) is 24.7. The number of hydrogen-bond donors (Lipinski definition) is 3. The van der Waals surface area contributed by atoms with Crippen LogP contribution in [0.15, 0.2) is 0 Å². The maximum absolute atomic E-state index is 12.5. The highest BCUT2D eigenvalue weighted by atomic mass is 16.5. The number of nitrogens with one attached hydrogen (secondary N) is 1. The number of ether oxygens (including phenoxy) is 1. The molecular weight excluding hydrogens is 899 g/mol. The molecule has 3 N–H and O–H groups in total. The van der Waals surface area contributed by atoms with Crippen LogP contribution >= 0.6 is 0 Å². The zero-order valence-corrected chi connectivity index (χ0v) is 49.9. The number of hydrogen-bond acceptors (Lipinski definition) is 5. The van der Waals surface area contributed by atoms with Gasteiger partial charge in [0.1, 0.15) is 0 Å². The number of amides is 1. The number of carbonyl (C=O) groups excluding carboxylic acids is 2. The van der Waals surface area contributed by atoms with E-state index in [0.717, 1.165) is 51.4 Å². The van der Waals surface area contributed by atoms with Gasteiger partial charge in [-0.25, -0.2) is 0 Å². The molecule has 0 rings (SSSR count). The van der Waals surface area contributed by atoms with Crippen LogP contribution in [0.1, 0.15) is 393 Å². The number of rotatable bonds is 64. The minimum atomic E-state index is -0.673. The SMILES string of the molecule is CCCCCCCCCCCCCCCCCCCCCCCCCCC(O)C(CO)NC(=O)CCCCCCCCCCCCCCCOC(=O)CCCCCCCCCCCCCCCCCCCCC. The van der Waals surface area contributed by atoms with Gasteiger partial charge < -0.3 is 20.3 Å². The molecule has 0 saturated heterocycles.